The number of rotatable bonds is 6. The Balaban J connectivity index is 2.62. The lowest BCUT2D eigenvalue weighted by Crippen LogP contribution is -2.40. The Labute approximate surface area is 115 Å². The Morgan fingerprint density at radius 2 is 1.74 bits per heavy atom. The van der Waals surface area contributed by atoms with Gasteiger partial charge < -0.3 is 10.4 Å². The van der Waals surface area contributed by atoms with Crippen LogP contribution in [0.15, 0.2) is 11.1 Å². The van der Waals surface area contributed by atoms with E-state index in [-0.39, 0.29) is 5.91 Å². The van der Waals surface area contributed by atoms with E-state index in [1.165, 1.54) is 0 Å². The fraction of sp³-hybridized carbons (Fsp3) is 0.733. The number of amides is 1. The van der Waals surface area contributed by atoms with Gasteiger partial charge in [0.05, 0.1) is 11.8 Å². The number of carbonyl (C=O) groups excluding carboxylic acids is 1. The maximum absolute atomic E-state index is 12.1. The lowest BCUT2D eigenvalue weighted by atomic mass is 9.76. The molecule has 0 heterocycles. The highest BCUT2D eigenvalue weighted by molar-refractivity contribution is 5.85. The summed E-state index contributed by atoms with van der Waals surface area (Å²) < 4.78 is 0. The molecule has 1 amide bonds. The van der Waals surface area contributed by atoms with Gasteiger partial charge in [-0.2, -0.15) is 0 Å². The quantitative estimate of drug-likeness (QED) is 0.574. The van der Waals surface area contributed by atoms with Crippen molar-refractivity contribution in [3.8, 4) is 0 Å². The third-order valence-corrected chi connectivity index (χ3v) is 4.00. The summed E-state index contributed by atoms with van der Waals surface area (Å²) in [6.07, 6.45) is 4.22. The van der Waals surface area contributed by atoms with E-state index in [4.69, 9.17) is 0 Å². The minimum Gasteiger partial charge on any atom is -0.481 e. The first kappa shape index (κ1) is 15.7. The zero-order valence-corrected chi connectivity index (χ0v) is 12.2. The van der Waals surface area contributed by atoms with Crippen LogP contribution in [-0.2, 0) is 9.59 Å². The number of carbonyl (C=O) groups is 2. The summed E-state index contributed by atoms with van der Waals surface area (Å²) in [5.41, 5.74) is 2.27. The molecule has 4 nitrogen and oxygen atoms in total. The smallest absolute Gasteiger partial charge is 0.307 e. The van der Waals surface area contributed by atoms with E-state index in [1.54, 1.807) is 0 Å². The molecule has 1 aliphatic rings. The minimum atomic E-state index is -0.861. The first-order chi connectivity index (χ1) is 8.97. The SMILES string of the molecule is CCCCCNC(=O)[C@H]1CC(C)=C(C)C[C@H]1C(=O)O. The van der Waals surface area contributed by atoms with Crippen LogP contribution in [0.5, 0.6) is 0 Å². The largest absolute Gasteiger partial charge is 0.481 e. The number of carboxylic acids is 1. The van der Waals surface area contributed by atoms with Gasteiger partial charge in [-0.25, -0.2) is 0 Å². The van der Waals surface area contributed by atoms with Gasteiger partial charge in [0.2, 0.25) is 5.91 Å². The summed E-state index contributed by atoms with van der Waals surface area (Å²) in [5.74, 6) is -1.95. The van der Waals surface area contributed by atoms with Crippen molar-refractivity contribution in [2.75, 3.05) is 6.54 Å². The van der Waals surface area contributed by atoms with Gasteiger partial charge in [-0.15, -0.1) is 0 Å². The number of aliphatic carboxylic acids is 1. The van der Waals surface area contributed by atoms with Crippen LogP contribution >= 0.6 is 0 Å². The molecule has 0 aromatic rings. The molecule has 0 radical (unpaired) electrons. The molecule has 0 aliphatic heterocycles. The Kier molecular flexibility index (Phi) is 6.06. The molecular formula is C15H25NO3. The molecule has 108 valence electrons. The number of hydrogen-bond acceptors (Lipinski definition) is 2. The van der Waals surface area contributed by atoms with E-state index in [2.05, 4.69) is 12.2 Å². The van der Waals surface area contributed by atoms with Gasteiger partial charge in [-0.05, 0) is 33.1 Å². The predicted octanol–water partition coefficient (Wildman–Crippen LogP) is 2.74. The topological polar surface area (TPSA) is 66.4 Å². The standard InChI is InChI=1S/C15H25NO3/c1-4-5-6-7-16-14(17)12-8-10(2)11(3)9-13(12)15(18)19/h12-13H,4-9H2,1-3H3,(H,16,17)(H,18,19)/t12-,13+/m0/s1. The Hall–Kier alpha value is -1.32. The average molecular weight is 267 g/mol. The van der Waals surface area contributed by atoms with Crippen LogP contribution in [0.25, 0.3) is 0 Å². The van der Waals surface area contributed by atoms with Crippen molar-refractivity contribution in [1.82, 2.24) is 5.32 Å². The minimum absolute atomic E-state index is 0.102. The second-order valence-corrected chi connectivity index (χ2v) is 5.52. The molecule has 0 aromatic carbocycles. The summed E-state index contributed by atoms with van der Waals surface area (Å²) in [7, 11) is 0. The summed E-state index contributed by atoms with van der Waals surface area (Å²) >= 11 is 0. The molecule has 2 atom stereocenters. The molecule has 19 heavy (non-hydrogen) atoms. The molecule has 0 unspecified atom stereocenters. The van der Waals surface area contributed by atoms with Gasteiger partial charge in [-0.3, -0.25) is 9.59 Å². The van der Waals surface area contributed by atoms with E-state index < -0.39 is 17.8 Å². The van der Waals surface area contributed by atoms with E-state index in [1.807, 2.05) is 13.8 Å². The van der Waals surface area contributed by atoms with Crippen LogP contribution in [0.1, 0.15) is 52.9 Å². The number of hydrogen-bond donors (Lipinski definition) is 2. The van der Waals surface area contributed by atoms with Gasteiger partial charge >= 0.3 is 5.97 Å². The summed E-state index contributed by atoms with van der Waals surface area (Å²) in [6.45, 7) is 6.71. The van der Waals surface area contributed by atoms with Gasteiger partial charge in [0, 0.05) is 6.54 Å². The number of unbranched alkanes of at least 4 members (excludes halogenated alkanes) is 2. The van der Waals surface area contributed by atoms with Crippen molar-refractivity contribution in [2.24, 2.45) is 11.8 Å². The molecule has 0 fully saturated rings. The van der Waals surface area contributed by atoms with E-state index >= 15 is 0 Å². The second kappa shape index (κ2) is 7.31. The van der Waals surface area contributed by atoms with Crippen molar-refractivity contribution in [3.63, 3.8) is 0 Å². The van der Waals surface area contributed by atoms with Gasteiger partial charge in [0.1, 0.15) is 0 Å². The monoisotopic (exact) mass is 267 g/mol. The van der Waals surface area contributed by atoms with Crippen molar-refractivity contribution >= 4 is 11.9 Å². The van der Waals surface area contributed by atoms with Gasteiger partial charge in [0.25, 0.3) is 0 Å². The maximum Gasteiger partial charge on any atom is 0.307 e. The summed E-state index contributed by atoms with van der Waals surface area (Å²) in [4.78, 5) is 23.4. The summed E-state index contributed by atoms with van der Waals surface area (Å²) in [6, 6.07) is 0. The molecule has 0 saturated heterocycles. The normalized spacial score (nSPS) is 23.3. The molecule has 0 aromatic heterocycles. The number of nitrogens with one attached hydrogen (secondary N) is 1. The van der Waals surface area contributed by atoms with Gasteiger partial charge in [-0.1, -0.05) is 30.9 Å². The van der Waals surface area contributed by atoms with Gasteiger partial charge in [0.15, 0.2) is 0 Å². The highest BCUT2D eigenvalue weighted by atomic mass is 16.4. The Morgan fingerprint density at radius 3 is 2.26 bits per heavy atom. The van der Waals surface area contributed by atoms with Crippen molar-refractivity contribution in [1.29, 1.82) is 0 Å². The van der Waals surface area contributed by atoms with E-state index in [0.717, 1.165) is 30.4 Å². The molecule has 0 spiro atoms. The summed E-state index contributed by atoms with van der Waals surface area (Å²) in [5, 5.41) is 12.2. The van der Waals surface area contributed by atoms with Crippen LogP contribution in [0.2, 0.25) is 0 Å². The fourth-order valence-corrected chi connectivity index (χ4v) is 2.55. The Morgan fingerprint density at radius 1 is 1.16 bits per heavy atom. The first-order valence-electron chi connectivity index (χ1n) is 7.13. The van der Waals surface area contributed by atoms with Crippen LogP contribution in [0.4, 0.5) is 0 Å². The molecule has 2 N–H and O–H groups in total. The lowest BCUT2D eigenvalue weighted by molar-refractivity contribution is -0.147. The zero-order valence-electron chi connectivity index (χ0n) is 12.2. The first-order valence-corrected chi connectivity index (χ1v) is 7.13. The van der Waals surface area contributed by atoms with Crippen LogP contribution < -0.4 is 5.32 Å². The fourth-order valence-electron chi connectivity index (χ4n) is 2.55. The van der Waals surface area contributed by atoms with E-state index in [0.29, 0.717) is 19.4 Å². The highest BCUT2D eigenvalue weighted by Crippen LogP contribution is 2.34. The van der Waals surface area contributed by atoms with Crippen LogP contribution in [0, 0.1) is 11.8 Å². The van der Waals surface area contributed by atoms with Crippen molar-refractivity contribution in [2.45, 2.75) is 52.9 Å². The predicted molar refractivity (Wildman–Crippen MR) is 74.8 cm³/mol. The second-order valence-electron chi connectivity index (χ2n) is 5.52. The molecule has 1 aliphatic carbocycles. The molecule has 0 saturated carbocycles. The number of carboxylic acid groups (broad SMARTS) is 1. The van der Waals surface area contributed by atoms with E-state index in [9.17, 15) is 14.7 Å². The molecule has 4 heteroatoms. The maximum atomic E-state index is 12.1. The molecular weight excluding hydrogens is 242 g/mol. The number of allylic oxidation sites excluding steroid dienone is 2. The van der Waals surface area contributed by atoms with Crippen LogP contribution in [0.3, 0.4) is 0 Å². The third kappa shape index (κ3) is 4.37. The zero-order chi connectivity index (χ0) is 14.4. The molecule has 0 bridgehead atoms. The van der Waals surface area contributed by atoms with Crippen molar-refractivity contribution < 1.29 is 14.7 Å². The van der Waals surface area contributed by atoms with Crippen molar-refractivity contribution in [3.05, 3.63) is 11.1 Å². The lowest BCUT2D eigenvalue weighted by Gasteiger charge is -2.29. The molecule has 1 rings (SSSR count). The third-order valence-electron chi connectivity index (χ3n) is 4.00. The van der Waals surface area contributed by atoms with Crippen LogP contribution in [-0.4, -0.2) is 23.5 Å². The average Bonchev–Trinajstić information content (AvgIpc) is 2.36. The Bertz CT molecular complexity index is 374. The highest BCUT2D eigenvalue weighted by Gasteiger charge is 2.36.